The van der Waals surface area contributed by atoms with E-state index in [1.54, 1.807) is 88.3 Å². The molecule has 4 spiro atoms. The summed E-state index contributed by atoms with van der Waals surface area (Å²) in [4.78, 5) is 22.3. The lowest BCUT2D eigenvalue weighted by Crippen LogP contribution is -2.51. The average molecular weight is 2120 g/mol. The number of aliphatic hydroxyl groups excluding tert-OH is 2. The summed E-state index contributed by atoms with van der Waals surface area (Å²) in [5.41, 5.74) is 29.9. The molecule has 0 aliphatic carbocycles. The summed E-state index contributed by atoms with van der Waals surface area (Å²) in [6.07, 6.45) is 13.6. The number of nitrogens with zero attached hydrogens (tertiary/aromatic N) is 16. The van der Waals surface area contributed by atoms with Crippen molar-refractivity contribution in [2.24, 2.45) is 54.9 Å². The number of imidazole rings is 2. The van der Waals surface area contributed by atoms with Crippen molar-refractivity contribution in [1.29, 1.82) is 10.5 Å². The van der Waals surface area contributed by atoms with Crippen LogP contribution >= 0.6 is 140 Å². The second-order valence-electron chi connectivity index (χ2n) is 35.6. The molecule has 8 aliphatic heterocycles. The van der Waals surface area contributed by atoms with E-state index in [1.165, 1.54) is 29.7 Å². The van der Waals surface area contributed by atoms with Gasteiger partial charge in [-0.2, -0.15) is 10.5 Å². The Morgan fingerprint density at radius 3 is 0.978 bits per heavy atom. The van der Waals surface area contributed by atoms with Crippen LogP contribution in [-0.4, -0.2) is 202 Å². The van der Waals surface area contributed by atoms with Crippen molar-refractivity contribution < 1.29 is 46.0 Å². The highest BCUT2D eigenvalue weighted by atomic mass is 35.5. The highest BCUT2D eigenvalue weighted by molar-refractivity contribution is 8.01. The number of ether oxygens (including phenoxy) is 4. The molecule has 136 heavy (non-hydrogen) atoms. The lowest BCUT2D eigenvalue weighted by molar-refractivity contribution is 0.0973. The van der Waals surface area contributed by atoms with Gasteiger partial charge in [-0.3, -0.25) is 17.6 Å². The smallest absolute Gasteiger partial charge is 0.239 e. The molecule has 8 saturated heterocycles. The fourth-order valence-corrected chi connectivity index (χ4v) is 27.7. The van der Waals surface area contributed by atoms with Crippen LogP contribution in [-0.2, 0) is 52.2 Å². The van der Waals surface area contributed by atoms with Gasteiger partial charge in [0.1, 0.15) is 57.9 Å². The summed E-state index contributed by atoms with van der Waals surface area (Å²) in [6, 6.07) is 32.7. The number of sulfonamides is 2. The van der Waals surface area contributed by atoms with E-state index in [9.17, 15) is 37.6 Å². The number of piperidine rings is 4. The molecular weight excluding hydrogens is 2030 g/mol. The van der Waals surface area contributed by atoms with E-state index in [1.807, 2.05) is 72.9 Å². The summed E-state index contributed by atoms with van der Waals surface area (Å²) >= 11 is 55.3. The highest BCUT2D eigenvalue weighted by Gasteiger charge is 2.52. The molecule has 16 heterocycles. The normalized spacial score (nSPS) is 22.3. The van der Waals surface area contributed by atoms with Crippen LogP contribution < -0.4 is 52.8 Å². The zero-order valence-electron chi connectivity index (χ0n) is 74.0. The van der Waals surface area contributed by atoms with Crippen LogP contribution in [0.2, 0.25) is 40.2 Å². The predicted molar refractivity (Wildman–Crippen MR) is 532 cm³/mol. The number of rotatable bonds is 16. The van der Waals surface area contributed by atoms with Gasteiger partial charge in [-0.1, -0.05) is 164 Å². The number of benzene rings is 4. The van der Waals surface area contributed by atoms with Crippen molar-refractivity contribution in [3.63, 3.8) is 0 Å². The number of anilines is 4. The maximum absolute atomic E-state index is 12.8. The molecule has 8 aromatic heterocycles. The zero-order valence-corrected chi connectivity index (χ0v) is 84.9. The van der Waals surface area contributed by atoms with E-state index >= 15 is 0 Å². The van der Waals surface area contributed by atoms with Gasteiger partial charge in [-0.25, -0.2) is 37.1 Å². The number of pyridine rings is 4. The Hall–Kier alpha value is -7.18. The van der Waals surface area contributed by atoms with Crippen molar-refractivity contribution in [3.05, 3.63) is 185 Å². The summed E-state index contributed by atoms with van der Waals surface area (Å²) in [5.74, 6) is 2.98. The fraction of sp³-hybridized carbons (Fsp3) is 0.422. The van der Waals surface area contributed by atoms with E-state index in [4.69, 9.17) is 145 Å². The molecule has 8 aliphatic rings. The van der Waals surface area contributed by atoms with E-state index in [0.717, 1.165) is 122 Å². The first-order valence-electron chi connectivity index (χ1n) is 43.8. The van der Waals surface area contributed by atoms with E-state index in [-0.39, 0.29) is 93.2 Å². The monoisotopic (exact) mass is 2120 g/mol. The van der Waals surface area contributed by atoms with Gasteiger partial charge in [0, 0.05) is 130 Å². The van der Waals surface area contributed by atoms with Crippen molar-refractivity contribution in [3.8, 4) is 12.1 Å². The van der Waals surface area contributed by atoms with Crippen molar-refractivity contribution in [2.45, 2.75) is 190 Å². The van der Waals surface area contributed by atoms with Crippen LogP contribution in [0.5, 0.6) is 0 Å². The number of aliphatic hydroxyl groups is 2. The van der Waals surface area contributed by atoms with Crippen molar-refractivity contribution >= 4 is 206 Å². The number of halogens is 8. The maximum atomic E-state index is 12.8. The molecular formula is C90H98Cl8N22O10S6. The largest absolute Gasteiger partial charge is 0.390 e. The number of aromatic nitrogens is 10. The Bertz CT molecular complexity index is 6900. The molecule has 46 heteroatoms. The van der Waals surface area contributed by atoms with Crippen LogP contribution in [0.15, 0.2) is 171 Å². The number of nitrogens with two attached hydrogens (primary N) is 6. The van der Waals surface area contributed by atoms with E-state index < -0.39 is 20.0 Å². The first-order valence-corrected chi connectivity index (χ1v) is 53.2. The quantitative estimate of drug-likeness (QED) is 0.0445. The van der Waals surface area contributed by atoms with Crippen LogP contribution in [0.4, 0.5) is 23.3 Å². The third-order valence-corrected chi connectivity index (χ3v) is 38.5. The summed E-state index contributed by atoms with van der Waals surface area (Å²) in [5, 5.41) is 71.3. The Balaban J connectivity index is 0.000000126. The minimum Gasteiger partial charge on any atom is -0.390 e. The Morgan fingerprint density at radius 2 is 0.676 bits per heavy atom. The molecule has 0 saturated carbocycles. The molecule has 8 unspecified atom stereocenters. The summed E-state index contributed by atoms with van der Waals surface area (Å²) in [6.45, 7) is 16.2. The number of primary sulfonamides is 2. The molecule has 0 radical (unpaired) electrons. The highest BCUT2D eigenvalue weighted by Crippen LogP contribution is 2.53. The molecule has 12 aromatic rings. The number of nitriles is 2. The molecule has 0 bridgehead atoms. The molecule has 0 amide bonds. The van der Waals surface area contributed by atoms with Gasteiger partial charge >= 0.3 is 0 Å². The van der Waals surface area contributed by atoms with Gasteiger partial charge in [0.05, 0.1) is 159 Å². The molecule has 20 rings (SSSR count). The van der Waals surface area contributed by atoms with Gasteiger partial charge in [0.2, 0.25) is 20.0 Å². The van der Waals surface area contributed by atoms with Crippen molar-refractivity contribution in [1.82, 2.24) is 48.0 Å². The standard InChI is InChI=1S/C24H25Cl2N5O2S.C23H27Cl2N5O4S2.C22H22Cl2N6OS.C21H24Cl2N6O3S2/c1-14-22(28)24(13-33-14)5-7-30(8-6-24)19-9-15(10-27)21(23-29-11-16(12-32)31(19)23)34-18-4-2-3-17(25)20(18)26;1-13-21(26)23(12-34-13)5-7-29(8-6-23)18-9-17(36(27,32)33)20(22-28-10-14(11-31)30(18)22)35-16-4-2-3-15(24)19(16)25;1-13-20(26)22(11-31-13)5-7-29(8-6-22)17-9-14(10-25)19(21-28-27-12-30(17)21)32-16-4-2-3-15(23)18(16)24;1-12-19(24)21(10-32-12)5-7-28(8-6-21)16-9-15(34(25,30)31)18(20-27-26-11-29(16)20)33-14-4-2-3-13(22)17(14)23/h2-4,9,11,14,22,32H,5-8,12-13,28H2,1H3;2-4,9-10,13,21,31H,5-8,11-12,26H2,1H3,(H2,27,32,33);2-4,9,12-13,20H,5-8,11,26H2,1H3;2-4,9,11-12,19H,5-8,10,24H2,1H3,(H2,25,30,31). The molecule has 8 atom stereocenters. The lowest BCUT2D eigenvalue weighted by atomic mass is 9.73. The van der Waals surface area contributed by atoms with E-state index in [0.29, 0.717) is 179 Å². The summed E-state index contributed by atoms with van der Waals surface area (Å²) in [7, 11) is -8.23. The maximum Gasteiger partial charge on any atom is 0.239 e. The lowest BCUT2D eigenvalue weighted by Gasteiger charge is -2.42. The minimum atomic E-state index is -4.14. The Kier molecular flexibility index (Phi) is 30.0. The van der Waals surface area contributed by atoms with Crippen LogP contribution in [0.3, 0.4) is 0 Å². The van der Waals surface area contributed by atoms with Gasteiger partial charge < -0.3 is 71.7 Å². The third kappa shape index (κ3) is 19.3. The third-order valence-electron chi connectivity index (χ3n) is 27.9. The molecule has 32 nitrogen and oxygen atoms in total. The first-order chi connectivity index (χ1) is 65.0. The van der Waals surface area contributed by atoms with Gasteiger partial charge in [-0.15, -0.1) is 20.4 Å². The number of fused-ring (bicyclic) bond motifs is 4. The second-order valence-corrected chi connectivity index (χ2v) is 46.0. The first kappa shape index (κ1) is 100. The Labute approximate surface area is 842 Å². The molecule has 8 fully saturated rings. The van der Waals surface area contributed by atoms with Gasteiger partial charge in [-0.05, 0) is 140 Å². The topological polar surface area (TPSA) is 457 Å². The fourth-order valence-electron chi connectivity index (χ4n) is 19.7. The SMILES string of the molecule is CC1OCC2(CCN(c3cc(C#N)c(Sc4cccc(Cl)c4Cl)c4ncc(CO)n34)CC2)C1N.CC1OCC2(CCN(c3cc(C#N)c(Sc4cccc(Cl)c4Cl)c4nncn34)CC2)C1N.CC1OCC2(CCN(c3cc(S(N)(=O)=O)c(Sc4cccc(Cl)c4Cl)c4ncc(CO)n34)CC2)C1N.CC1OCC2(CCN(c3cc(S(N)(=O)=O)c(Sc4cccc(Cl)c4Cl)c4nncn34)CC2)C1N. The van der Waals surface area contributed by atoms with Gasteiger partial charge in [0.25, 0.3) is 0 Å². The molecule has 14 N–H and O–H groups in total. The second kappa shape index (κ2) is 40.7. The Morgan fingerprint density at radius 1 is 0.412 bits per heavy atom. The summed E-state index contributed by atoms with van der Waals surface area (Å²) < 4.78 is 81.8. The van der Waals surface area contributed by atoms with Crippen LogP contribution in [0, 0.1) is 44.3 Å². The zero-order chi connectivity index (χ0) is 96.6. The van der Waals surface area contributed by atoms with Crippen LogP contribution in [0.25, 0.3) is 22.6 Å². The molecule has 720 valence electrons. The number of hydrogen-bond acceptors (Lipinski definition) is 30. The predicted octanol–water partition coefficient (Wildman–Crippen LogP) is 15.3. The number of hydrogen-bond donors (Lipinski definition) is 8. The molecule has 4 aromatic carbocycles. The van der Waals surface area contributed by atoms with E-state index in [2.05, 4.69) is 62.1 Å². The minimum absolute atomic E-state index is 0.00139. The van der Waals surface area contributed by atoms with Crippen molar-refractivity contribution in [2.75, 3.05) is 98.4 Å². The van der Waals surface area contributed by atoms with Gasteiger partial charge in [0.15, 0.2) is 22.6 Å². The van der Waals surface area contributed by atoms with Crippen LogP contribution in [0.1, 0.15) is 102 Å². The average Bonchev–Trinajstić information content (AvgIpc) is 1.58.